The zero-order chi connectivity index (χ0) is 35.4. The molecular weight excluding hydrogens is 635 g/mol. The van der Waals surface area contributed by atoms with Gasteiger partial charge in [-0.15, -0.1) is 0 Å². The zero-order valence-electron chi connectivity index (χ0n) is 26.4. The Kier molecular flexibility index (Phi) is 14.3. The van der Waals surface area contributed by atoms with Crippen LogP contribution in [0, 0.1) is 0 Å². The van der Waals surface area contributed by atoms with Gasteiger partial charge in [0.25, 0.3) is 0 Å². The Labute approximate surface area is 273 Å². The maximum absolute atomic E-state index is 13.2. The standard InChI is InChI=1S/C33H37O13P/c1-7-32(44-27(36)21(3)4,19-42-29(38)25-15-11-9-13-23(25)17-34)31(46-47(40)41)33(8-2,45-28(37)22(5)6)20-43-30(39)26-16-12-10-14-24(26)18-35/h9-18,31,40-41H,3,5,7-8,19-20H2,1-2,4,6H3. The highest BCUT2D eigenvalue weighted by Crippen LogP contribution is 2.44. The van der Waals surface area contributed by atoms with E-state index in [9.17, 15) is 38.6 Å². The van der Waals surface area contributed by atoms with Gasteiger partial charge in [0.05, 0.1) is 11.1 Å². The van der Waals surface area contributed by atoms with Gasteiger partial charge in [-0.25, -0.2) is 19.2 Å². The SMILES string of the molecule is C=C(C)C(=O)OC(CC)(COC(=O)c1ccccc1C=O)C(OP(O)O)C(CC)(COC(=O)c1ccccc1C=O)OC(=O)C(=C)C. The van der Waals surface area contributed by atoms with Crippen LogP contribution in [-0.4, -0.2) is 76.8 Å². The number of carbonyl (C=O) groups excluding carboxylic acids is 6. The lowest BCUT2D eigenvalue weighted by Crippen LogP contribution is -2.64. The van der Waals surface area contributed by atoms with E-state index in [1.54, 1.807) is 0 Å². The van der Waals surface area contributed by atoms with Gasteiger partial charge in [-0.1, -0.05) is 63.4 Å². The third-order valence-corrected chi connectivity index (χ3v) is 7.55. The lowest BCUT2D eigenvalue weighted by atomic mass is 9.80. The van der Waals surface area contributed by atoms with Crippen molar-refractivity contribution in [3.8, 4) is 0 Å². The number of rotatable bonds is 18. The molecule has 0 aliphatic rings. The number of carbonyl (C=O) groups is 6. The lowest BCUT2D eigenvalue weighted by Gasteiger charge is -2.47. The number of benzene rings is 2. The second-order valence-electron chi connectivity index (χ2n) is 10.5. The highest BCUT2D eigenvalue weighted by Gasteiger charge is 2.58. The van der Waals surface area contributed by atoms with E-state index in [0.717, 1.165) is 0 Å². The summed E-state index contributed by atoms with van der Waals surface area (Å²) in [5.74, 6) is -4.05. The molecule has 0 saturated heterocycles. The van der Waals surface area contributed by atoms with Crippen LogP contribution < -0.4 is 0 Å². The molecule has 0 aliphatic heterocycles. The Morgan fingerprint density at radius 1 is 0.745 bits per heavy atom. The minimum absolute atomic E-state index is 0.00128. The van der Waals surface area contributed by atoms with Gasteiger partial charge in [-0.2, -0.15) is 0 Å². The Hall–Kier alpha value is -4.55. The summed E-state index contributed by atoms with van der Waals surface area (Å²) >= 11 is 0. The fraction of sp³-hybridized carbons (Fsp3) is 0.333. The van der Waals surface area contributed by atoms with Crippen molar-refractivity contribution in [1.29, 1.82) is 0 Å². The quantitative estimate of drug-likeness (QED) is 0.0743. The van der Waals surface area contributed by atoms with Crippen LogP contribution in [0.3, 0.4) is 0 Å². The summed E-state index contributed by atoms with van der Waals surface area (Å²) in [6.45, 7) is 11.1. The summed E-state index contributed by atoms with van der Waals surface area (Å²) in [6, 6.07) is 11.5. The Morgan fingerprint density at radius 3 is 1.40 bits per heavy atom. The molecule has 2 atom stereocenters. The molecule has 0 spiro atoms. The summed E-state index contributed by atoms with van der Waals surface area (Å²) in [7, 11) is -3.32. The smallest absolute Gasteiger partial charge is 0.339 e. The minimum atomic E-state index is -3.32. The summed E-state index contributed by atoms with van der Waals surface area (Å²) < 4.78 is 28.3. The molecule has 2 N–H and O–H groups in total. The van der Waals surface area contributed by atoms with Crippen LogP contribution in [0.1, 0.15) is 82.0 Å². The van der Waals surface area contributed by atoms with Crippen molar-refractivity contribution in [3.05, 3.63) is 95.1 Å². The molecule has 2 aromatic carbocycles. The summed E-state index contributed by atoms with van der Waals surface area (Å²) in [5, 5.41) is 0. The molecule has 0 saturated carbocycles. The van der Waals surface area contributed by atoms with Crippen LogP contribution in [0.5, 0.6) is 0 Å². The predicted octanol–water partition coefficient (Wildman–Crippen LogP) is 4.46. The normalized spacial score (nSPS) is 14.0. The topological polar surface area (TPSA) is 189 Å². The second kappa shape index (κ2) is 17.4. The number of esters is 4. The average Bonchev–Trinajstić information content (AvgIpc) is 3.06. The van der Waals surface area contributed by atoms with E-state index in [1.807, 2.05) is 0 Å². The van der Waals surface area contributed by atoms with Crippen LogP contribution in [0.15, 0.2) is 72.8 Å². The first-order chi connectivity index (χ1) is 22.2. The molecule has 2 unspecified atom stereocenters. The summed E-state index contributed by atoms with van der Waals surface area (Å²) in [5.41, 5.74) is -4.80. The van der Waals surface area contributed by atoms with Gasteiger partial charge in [0.1, 0.15) is 13.2 Å². The average molecular weight is 673 g/mol. The van der Waals surface area contributed by atoms with Crippen LogP contribution in [0.2, 0.25) is 0 Å². The number of hydrogen-bond donors (Lipinski definition) is 2. The van der Waals surface area contributed by atoms with Crippen molar-refractivity contribution < 1.29 is 62.0 Å². The second-order valence-corrected chi connectivity index (χ2v) is 11.2. The van der Waals surface area contributed by atoms with E-state index in [-0.39, 0.29) is 46.2 Å². The van der Waals surface area contributed by atoms with E-state index in [2.05, 4.69) is 13.2 Å². The molecule has 0 amide bonds. The molecule has 2 aromatic rings. The van der Waals surface area contributed by atoms with Crippen molar-refractivity contribution in [3.63, 3.8) is 0 Å². The van der Waals surface area contributed by atoms with Crippen molar-refractivity contribution >= 4 is 45.1 Å². The third kappa shape index (κ3) is 9.72. The molecule has 13 nitrogen and oxygen atoms in total. The highest BCUT2D eigenvalue weighted by molar-refractivity contribution is 7.39. The maximum atomic E-state index is 13.2. The number of aldehydes is 2. The van der Waals surface area contributed by atoms with Gasteiger partial charge in [0.2, 0.25) is 0 Å². The molecule has 0 aliphatic carbocycles. The first-order valence-electron chi connectivity index (χ1n) is 14.3. The van der Waals surface area contributed by atoms with Gasteiger partial charge in [-0.3, -0.25) is 9.59 Å². The molecule has 0 heterocycles. The van der Waals surface area contributed by atoms with Crippen molar-refractivity contribution in [2.24, 2.45) is 0 Å². The molecular formula is C33H37O13P. The highest BCUT2D eigenvalue weighted by atomic mass is 31.2. The number of hydrogen-bond acceptors (Lipinski definition) is 13. The zero-order valence-corrected chi connectivity index (χ0v) is 27.3. The molecule has 0 aromatic heterocycles. The molecule has 47 heavy (non-hydrogen) atoms. The molecule has 2 rings (SSSR count). The lowest BCUT2D eigenvalue weighted by molar-refractivity contribution is -0.223. The van der Waals surface area contributed by atoms with E-state index in [1.165, 1.54) is 76.2 Å². The molecule has 0 bridgehead atoms. The van der Waals surface area contributed by atoms with Gasteiger partial charge >= 0.3 is 32.5 Å². The van der Waals surface area contributed by atoms with Crippen molar-refractivity contribution in [1.82, 2.24) is 0 Å². The minimum Gasteiger partial charge on any atom is -0.458 e. The van der Waals surface area contributed by atoms with E-state index >= 15 is 0 Å². The first-order valence-corrected chi connectivity index (χ1v) is 15.4. The van der Waals surface area contributed by atoms with Crippen molar-refractivity contribution in [2.45, 2.75) is 57.8 Å². The Morgan fingerprint density at radius 2 is 1.11 bits per heavy atom. The third-order valence-electron chi connectivity index (χ3n) is 7.15. The predicted molar refractivity (Wildman–Crippen MR) is 168 cm³/mol. The summed E-state index contributed by atoms with van der Waals surface area (Å²) in [4.78, 5) is 96.0. The fourth-order valence-electron chi connectivity index (χ4n) is 4.45. The molecule has 0 radical (unpaired) electrons. The van der Waals surface area contributed by atoms with E-state index in [0.29, 0.717) is 12.6 Å². The maximum Gasteiger partial charge on any atom is 0.339 e. The molecule has 14 heteroatoms. The molecule has 0 fully saturated rings. The Bertz CT molecular complexity index is 1410. The van der Waals surface area contributed by atoms with Crippen LogP contribution in [0.4, 0.5) is 0 Å². The number of ether oxygens (including phenoxy) is 4. The fourth-order valence-corrected chi connectivity index (χ4v) is 5.02. The van der Waals surface area contributed by atoms with Gasteiger partial charge < -0.3 is 33.3 Å². The van der Waals surface area contributed by atoms with Crippen molar-refractivity contribution in [2.75, 3.05) is 13.2 Å². The summed E-state index contributed by atoms with van der Waals surface area (Å²) in [6.07, 6.45) is -1.55. The van der Waals surface area contributed by atoms with Gasteiger partial charge in [0, 0.05) is 22.3 Å². The van der Waals surface area contributed by atoms with Gasteiger partial charge in [0.15, 0.2) is 29.9 Å². The molecule has 252 valence electrons. The van der Waals surface area contributed by atoms with E-state index in [4.69, 9.17) is 23.5 Å². The van der Waals surface area contributed by atoms with Gasteiger partial charge in [-0.05, 0) is 38.8 Å². The first kappa shape index (κ1) is 38.6. The van der Waals surface area contributed by atoms with Crippen LogP contribution >= 0.6 is 8.60 Å². The monoisotopic (exact) mass is 672 g/mol. The van der Waals surface area contributed by atoms with Crippen LogP contribution in [-0.2, 0) is 33.1 Å². The largest absolute Gasteiger partial charge is 0.458 e. The van der Waals surface area contributed by atoms with E-state index < -0.39 is 63.0 Å². The Balaban J connectivity index is 2.76. The van der Waals surface area contributed by atoms with Crippen LogP contribution in [0.25, 0.3) is 0 Å².